The third-order valence-corrected chi connectivity index (χ3v) is 8.38. The topological polar surface area (TPSA) is 35.5 Å². The Morgan fingerprint density at radius 1 is 1.10 bits per heavy atom. The Kier molecular flexibility index (Phi) is 8.94. The minimum Gasteiger partial charge on any atom is -0.539 e. The molecule has 124 valence electrons. The van der Waals surface area contributed by atoms with E-state index in [1.165, 1.54) is 19.3 Å². The molecule has 0 aromatic carbocycles. The van der Waals surface area contributed by atoms with Crippen molar-refractivity contribution in [2.45, 2.75) is 84.9 Å². The molecule has 0 heterocycles. The summed E-state index contributed by atoms with van der Waals surface area (Å²) < 4.78 is 11.3. The van der Waals surface area contributed by atoms with Crippen molar-refractivity contribution in [2.24, 2.45) is 0 Å². The highest BCUT2D eigenvalue weighted by Crippen LogP contribution is 2.38. The molecule has 0 saturated carbocycles. The highest BCUT2D eigenvalue weighted by molar-refractivity contribution is 6.74. The minimum atomic E-state index is -2.00. The number of ether oxygens (including phenoxy) is 1. The van der Waals surface area contributed by atoms with Crippen LogP contribution in [0.5, 0.6) is 0 Å². The summed E-state index contributed by atoms with van der Waals surface area (Å²) >= 11 is 0. The zero-order valence-corrected chi connectivity index (χ0v) is 16.0. The number of rotatable bonds is 9. The maximum Gasteiger partial charge on any atom is 0.371 e. The van der Waals surface area contributed by atoms with E-state index in [4.69, 9.17) is 9.16 Å². The van der Waals surface area contributed by atoms with Crippen LogP contribution >= 0.6 is 0 Å². The first-order valence-electron chi connectivity index (χ1n) is 8.22. The molecule has 0 atom stereocenters. The Morgan fingerprint density at radius 2 is 1.71 bits per heavy atom. The molecule has 0 aliphatic heterocycles. The average Bonchev–Trinajstić information content (AvgIpc) is 2.35. The fraction of sp³-hybridized carbons (Fsp3) is 0.824. The maximum atomic E-state index is 12.1. The van der Waals surface area contributed by atoms with Gasteiger partial charge >= 0.3 is 5.97 Å². The summed E-state index contributed by atoms with van der Waals surface area (Å²) in [5.41, 5.74) is 0. The number of hydrogen-bond acceptors (Lipinski definition) is 3. The number of carbonyl (C=O) groups excluding carboxylic acids is 1. The Bertz CT molecular complexity index is 340. The smallest absolute Gasteiger partial charge is 0.371 e. The number of unbranched alkanes of at least 4 members (excludes halogenated alkanes) is 4. The van der Waals surface area contributed by atoms with Crippen LogP contribution in [0.3, 0.4) is 0 Å². The molecule has 0 radical (unpaired) electrons. The summed E-state index contributed by atoms with van der Waals surface area (Å²) in [5, 5.41) is 0.0702. The quantitative estimate of drug-likeness (QED) is 0.187. The monoisotopic (exact) mass is 314 g/mol. The molecule has 0 fully saturated rings. The predicted octanol–water partition coefficient (Wildman–Crippen LogP) is 5.43. The van der Waals surface area contributed by atoms with Gasteiger partial charge in [-0.2, -0.15) is 0 Å². The van der Waals surface area contributed by atoms with Gasteiger partial charge in [-0.25, -0.2) is 4.79 Å². The molecule has 0 unspecified atom stereocenters. The van der Waals surface area contributed by atoms with Crippen LogP contribution in [0.15, 0.2) is 11.8 Å². The molecule has 0 bridgehead atoms. The number of esters is 1. The Hall–Kier alpha value is -0.773. The Labute approximate surface area is 132 Å². The largest absolute Gasteiger partial charge is 0.539 e. The van der Waals surface area contributed by atoms with Gasteiger partial charge in [0.05, 0.1) is 6.61 Å². The molecule has 21 heavy (non-hydrogen) atoms. The molecule has 0 N–H and O–H groups in total. The molecule has 3 nitrogen and oxygen atoms in total. The van der Waals surface area contributed by atoms with Crippen molar-refractivity contribution in [3.05, 3.63) is 11.8 Å². The number of hydrogen-bond donors (Lipinski definition) is 0. The van der Waals surface area contributed by atoms with E-state index in [-0.39, 0.29) is 11.0 Å². The van der Waals surface area contributed by atoms with Crippen LogP contribution in [-0.2, 0) is 14.0 Å². The molecule has 0 saturated heterocycles. The van der Waals surface area contributed by atoms with E-state index in [2.05, 4.69) is 40.8 Å². The zero-order chi connectivity index (χ0) is 16.5. The summed E-state index contributed by atoms with van der Waals surface area (Å²) in [7, 11) is -2.00. The molecule has 0 aromatic heterocycles. The average molecular weight is 315 g/mol. The zero-order valence-electron chi connectivity index (χ0n) is 15.0. The van der Waals surface area contributed by atoms with Crippen molar-refractivity contribution < 1.29 is 14.0 Å². The van der Waals surface area contributed by atoms with Gasteiger partial charge in [0, 0.05) is 0 Å². The van der Waals surface area contributed by atoms with Crippen molar-refractivity contribution in [1.82, 2.24) is 0 Å². The van der Waals surface area contributed by atoms with Crippen LogP contribution < -0.4 is 0 Å². The fourth-order valence-electron chi connectivity index (χ4n) is 1.60. The molecular formula is C17H34O3Si. The van der Waals surface area contributed by atoms with Crippen LogP contribution in [0.4, 0.5) is 0 Å². The second-order valence-corrected chi connectivity index (χ2v) is 11.7. The first-order valence-corrected chi connectivity index (χ1v) is 11.1. The minimum absolute atomic E-state index is 0.0702. The summed E-state index contributed by atoms with van der Waals surface area (Å²) in [6.45, 7) is 15.2. The second kappa shape index (κ2) is 9.29. The second-order valence-electron chi connectivity index (χ2n) is 7.00. The van der Waals surface area contributed by atoms with Crippen molar-refractivity contribution in [3.8, 4) is 0 Å². The number of carbonyl (C=O) groups is 1. The van der Waals surface area contributed by atoms with Crippen molar-refractivity contribution in [3.63, 3.8) is 0 Å². The molecule has 0 amide bonds. The van der Waals surface area contributed by atoms with E-state index >= 15 is 0 Å². The molecule has 0 aliphatic carbocycles. The van der Waals surface area contributed by atoms with Gasteiger partial charge in [-0.05, 0) is 44.0 Å². The van der Waals surface area contributed by atoms with E-state index in [0.717, 1.165) is 12.8 Å². The third-order valence-electron chi connectivity index (χ3n) is 4.04. The maximum absolute atomic E-state index is 12.1. The standard InChI is InChI=1S/C17H34O3Si/c1-8-10-11-12-13-14-15(16(18)19-9-2)20-21(6,7)17(3,4)5/h14H,8-13H2,1-7H3/b15-14+. The lowest BCUT2D eigenvalue weighted by molar-refractivity contribution is -0.141. The highest BCUT2D eigenvalue weighted by Gasteiger charge is 2.40. The summed E-state index contributed by atoms with van der Waals surface area (Å²) in [6, 6.07) is 0. The molecule has 0 rings (SSSR count). The van der Waals surface area contributed by atoms with Crippen molar-refractivity contribution >= 4 is 14.3 Å². The fourth-order valence-corrected chi connectivity index (χ4v) is 2.62. The molecule has 0 aromatic rings. The predicted molar refractivity (Wildman–Crippen MR) is 91.8 cm³/mol. The summed E-state index contributed by atoms with van der Waals surface area (Å²) in [4.78, 5) is 12.1. The molecule has 0 aliphatic rings. The van der Waals surface area contributed by atoms with Crippen LogP contribution in [0.25, 0.3) is 0 Å². The highest BCUT2D eigenvalue weighted by atomic mass is 28.4. The Morgan fingerprint density at radius 3 is 2.19 bits per heavy atom. The third kappa shape index (κ3) is 7.70. The van der Waals surface area contributed by atoms with Gasteiger partial charge in [0.25, 0.3) is 8.32 Å². The molecular weight excluding hydrogens is 280 g/mol. The van der Waals surface area contributed by atoms with E-state index < -0.39 is 8.32 Å². The van der Waals surface area contributed by atoms with E-state index in [1.807, 2.05) is 13.0 Å². The lowest BCUT2D eigenvalue weighted by Gasteiger charge is -2.36. The van der Waals surface area contributed by atoms with Crippen LogP contribution in [0, 0.1) is 0 Å². The lowest BCUT2D eigenvalue weighted by Crippen LogP contribution is -2.41. The van der Waals surface area contributed by atoms with Gasteiger partial charge in [0.15, 0.2) is 5.76 Å². The van der Waals surface area contributed by atoms with Crippen LogP contribution in [-0.4, -0.2) is 20.9 Å². The van der Waals surface area contributed by atoms with Gasteiger partial charge in [-0.1, -0.05) is 47.0 Å². The summed E-state index contributed by atoms with van der Waals surface area (Å²) in [6.07, 6.45) is 7.55. The first-order chi connectivity index (χ1) is 9.65. The lowest BCUT2D eigenvalue weighted by atomic mass is 10.1. The molecule has 4 heteroatoms. The van der Waals surface area contributed by atoms with Gasteiger partial charge in [0.1, 0.15) is 0 Å². The summed E-state index contributed by atoms with van der Waals surface area (Å²) in [5.74, 6) is 0.0951. The number of allylic oxidation sites excluding steroid dienone is 1. The van der Waals surface area contributed by atoms with Gasteiger partial charge in [-0.3, -0.25) is 0 Å². The van der Waals surface area contributed by atoms with E-state index in [0.29, 0.717) is 12.4 Å². The Balaban J connectivity index is 4.82. The normalized spacial score (nSPS) is 13.2. The van der Waals surface area contributed by atoms with Crippen LogP contribution in [0.1, 0.15) is 66.7 Å². The SMILES string of the molecule is CCCCCC/C=C(/O[Si](C)(C)C(C)(C)C)C(=O)OCC. The van der Waals surface area contributed by atoms with E-state index in [1.54, 1.807) is 0 Å². The van der Waals surface area contributed by atoms with E-state index in [9.17, 15) is 4.79 Å². The van der Waals surface area contributed by atoms with Gasteiger partial charge in [-0.15, -0.1) is 0 Å². The van der Waals surface area contributed by atoms with Gasteiger partial charge < -0.3 is 9.16 Å². The van der Waals surface area contributed by atoms with Gasteiger partial charge in [0.2, 0.25) is 0 Å². The molecule has 0 spiro atoms. The van der Waals surface area contributed by atoms with Crippen LogP contribution in [0.2, 0.25) is 18.1 Å². The van der Waals surface area contributed by atoms with Crippen molar-refractivity contribution in [1.29, 1.82) is 0 Å². The first kappa shape index (κ1) is 20.2. The van der Waals surface area contributed by atoms with Crippen molar-refractivity contribution in [2.75, 3.05) is 6.61 Å².